The van der Waals surface area contributed by atoms with Gasteiger partial charge in [0.15, 0.2) is 0 Å². The van der Waals surface area contributed by atoms with Crippen LogP contribution in [0.15, 0.2) is 36.5 Å². The maximum Gasteiger partial charge on any atom is 0.496 e. The molecule has 4 rings (SSSR count). The van der Waals surface area contributed by atoms with Crippen LogP contribution in [0.5, 0.6) is 0 Å². The monoisotopic (exact) mass is 379 g/mol. The summed E-state index contributed by atoms with van der Waals surface area (Å²) in [6, 6.07) is 9.84. The lowest BCUT2D eigenvalue weighted by Gasteiger charge is -2.32. The van der Waals surface area contributed by atoms with Gasteiger partial charge in [-0.2, -0.15) is 0 Å². The van der Waals surface area contributed by atoms with Gasteiger partial charge in [0.25, 0.3) is 0 Å². The average molecular weight is 379 g/mol. The SMILES string of the molecule is CC1(C)OB(c2cnc(N)c(-c3ccc(N4CCCC4=O)cc3)c2)OC1(C)C. The van der Waals surface area contributed by atoms with Gasteiger partial charge in [-0.15, -0.1) is 0 Å². The first kappa shape index (κ1) is 19.0. The van der Waals surface area contributed by atoms with Crippen LogP contribution in [0.2, 0.25) is 0 Å². The summed E-state index contributed by atoms with van der Waals surface area (Å²) >= 11 is 0. The third-order valence-corrected chi connectivity index (χ3v) is 6.03. The van der Waals surface area contributed by atoms with Crippen LogP contribution in [0.4, 0.5) is 11.5 Å². The molecule has 1 aromatic carbocycles. The number of nitrogens with two attached hydrogens (primary N) is 1. The summed E-state index contributed by atoms with van der Waals surface area (Å²) in [5.74, 6) is 0.627. The molecule has 2 aliphatic rings. The van der Waals surface area contributed by atoms with E-state index in [4.69, 9.17) is 15.0 Å². The van der Waals surface area contributed by atoms with Gasteiger partial charge in [0.2, 0.25) is 5.91 Å². The molecular weight excluding hydrogens is 353 g/mol. The second-order valence-corrected chi connectivity index (χ2v) is 8.49. The Morgan fingerprint density at radius 3 is 2.32 bits per heavy atom. The molecule has 2 aliphatic heterocycles. The molecule has 0 radical (unpaired) electrons. The maximum atomic E-state index is 11.9. The number of carbonyl (C=O) groups is 1. The van der Waals surface area contributed by atoms with Crippen molar-refractivity contribution in [3.05, 3.63) is 36.5 Å². The van der Waals surface area contributed by atoms with Crippen LogP contribution in [0.25, 0.3) is 11.1 Å². The number of nitrogen functional groups attached to an aromatic ring is 1. The van der Waals surface area contributed by atoms with Gasteiger partial charge in [0, 0.05) is 35.9 Å². The lowest BCUT2D eigenvalue weighted by atomic mass is 9.79. The number of benzene rings is 1. The minimum absolute atomic E-state index is 0.177. The first-order valence-electron chi connectivity index (χ1n) is 9.70. The quantitative estimate of drug-likeness (QED) is 0.830. The molecule has 2 fully saturated rings. The Kier molecular flexibility index (Phi) is 4.47. The number of anilines is 2. The normalized spacial score (nSPS) is 20.8. The molecule has 2 saturated heterocycles. The van der Waals surface area contributed by atoms with E-state index in [9.17, 15) is 4.79 Å². The highest BCUT2D eigenvalue weighted by molar-refractivity contribution is 6.62. The number of rotatable bonds is 3. The number of hydrogen-bond acceptors (Lipinski definition) is 5. The van der Waals surface area contributed by atoms with Crippen LogP contribution >= 0.6 is 0 Å². The van der Waals surface area contributed by atoms with E-state index in [-0.39, 0.29) is 5.91 Å². The highest BCUT2D eigenvalue weighted by atomic mass is 16.7. The second-order valence-electron chi connectivity index (χ2n) is 8.49. The fourth-order valence-electron chi connectivity index (χ4n) is 3.57. The smallest absolute Gasteiger partial charge is 0.399 e. The lowest BCUT2D eigenvalue weighted by Crippen LogP contribution is -2.41. The molecule has 0 bridgehead atoms. The van der Waals surface area contributed by atoms with Gasteiger partial charge in [0.05, 0.1) is 11.2 Å². The highest BCUT2D eigenvalue weighted by Crippen LogP contribution is 2.37. The second kappa shape index (κ2) is 6.60. The number of nitrogens with zero attached hydrogens (tertiary/aromatic N) is 2. The number of aromatic nitrogens is 1. The van der Waals surface area contributed by atoms with Gasteiger partial charge in [-0.05, 0) is 57.9 Å². The van der Waals surface area contributed by atoms with Gasteiger partial charge in [-0.3, -0.25) is 4.79 Å². The Bertz CT molecular complexity index is 896. The van der Waals surface area contributed by atoms with E-state index in [2.05, 4.69) is 4.98 Å². The van der Waals surface area contributed by atoms with Crippen LogP contribution < -0.4 is 16.1 Å². The standard InChI is InChI=1S/C21H26BN3O3/c1-20(2)21(3,4)28-22(27-20)15-12-17(19(23)24-13-15)14-7-9-16(10-8-14)25-11-5-6-18(25)26/h7-10,12-13H,5-6,11H2,1-4H3,(H2,23,24). The van der Waals surface area contributed by atoms with E-state index in [1.807, 2.05) is 62.9 Å². The van der Waals surface area contributed by atoms with Crippen LogP contribution in [0.1, 0.15) is 40.5 Å². The van der Waals surface area contributed by atoms with Crippen molar-refractivity contribution < 1.29 is 14.1 Å². The van der Waals surface area contributed by atoms with Gasteiger partial charge in [0.1, 0.15) is 5.82 Å². The van der Waals surface area contributed by atoms with Crippen LogP contribution in [-0.4, -0.2) is 35.8 Å². The zero-order valence-electron chi connectivity index (χ0n) is 16.9. The topological polar surface area (TPSA) is 77.7 Å². The molecule has 146 valence electrons. The summed E-state index contributed by atoms with van der Waals surface area (Å²) in [6.07, 6.45) is 3.24. The summed E-state index contributed by atoms with van der Waals surface area (Å²) in [4.78, 5) is 18.1. The fourth-order valence-corrected chi connectivity index (χ4v) is 3.57. The van der Waals surface area contributed by atoms with Crippen molar-refractivity contribution in [2.24, 2.45) is 0 Å². The Morgan fingerprint density at radius 1 is 1.11 bits per heavy atom. The third-order valence-electron chi connectivity index (χ3n) is 6.03. The maximum absolute atomic E-state index is 11.9. The number of amides is 1. The van der Waals surface area contributed by atoms with Crippen molar-refractivity contribution in [1.82, 2.24) is 4.98 Å². The zero-order chi connectivity index (χ0) is 20.1. The lowest BCUT2D eigenvalue weighted by molar-refractivity contribution is -0.117. The predicted molar refractivity (Wildman–Crippen MR) is 111 cm³/mol. The fraction of sp³-hybridized carbons (Fsp3) is 0.429. The van der Waals surface area contributed by atoms with Crippen molar-refractivity contribution in [3.8, 4) is 11.1 Å². The molecule has 3 heterocycles. The van der Waals surface area contributed by atoms with Crippen molar-refractivity contribution in [3.63, 3.8) is 0 Å². The van der Waals surface area contributed by atoms with Gasteiger partial charge < -0.3 is 19.9 Å². The van der Waals surface area contributed by atoms with E-state index in [1.165, 1.54) is 0 Å². The summed E-state index contributed by atoms with van der Waals surface area (Å²) < 4.78 is 12.3. The summed E-state index contributed by atoms with van der Waals surface area (Å²) in [5, 5.41) is 0. The molecule has 2 N–H and O–H groups in total. The average Bonchev–Trinajstić information content (AvgIpc) is 3.16. The van der Waals surface area contributed by atoms with E-state index in [0.29, 0.717) is 12.2 Å². The number of carbonyl (C=O) groups excluding carboxylic acids is 1. The molecule has 0 unspecified atom stereocenters. The minimum atomic E-state index is -0.488. The molecule has 28 heavy (non-hydrogen) atoms. The molecule has 7 heteroatoms. The molecule has 0 aliphatic carbocycles. The van der Waals surface area contributed by atoms with Gasteiger partial charge >= 0.3 is 7.12 Å². The molecule has 0 saturated carbocycles. The Balaban J connectivity index is 1.62. The van der Waals surface area contributed by atoms with E-state index < -0.39 is 18.3 Å². The predicted octanol–water partition coefficient (Wildman–Crippen LogP) is 2.76. The molecule has 0 atom stereocenters. The molecule has 2 aromatic rings. The number of hydrogen-bond donors (Lipinski definition) is 1. The summed E-state index contributed by atoms with van der Waals surface area (Å²) in [6.45, 7) is 8.88. The molecule has 1 amide bonds. The van der Waals surface area contributed by atoms with E-state index in [0.717, 1.165) is 35.2 Å². The summed E-state index contributed by atoms with van der Waals surface area (Å²) in [5.41, 5.74) is 8.84. The Morgan fingerprint density at radius 2 is 1.75 bits per heavy atom. The molecule has 6 nitrogen and oxygen atoms in total. The number of pyridine rings is 1. The van der Waals surface area contributed by atoms with Crippen LogP contribution in [-0.2, 0) is 14.1 Å². The van der Waals surface area contributed by atoms with Crippen molar-refractivity contribution in [2.45, 2.75) is 51.7 Å². The highest BCUT2D eigenvalue weighted by Gasteiger charge is 2.51. The first-order valence-corrected chi connectivity index (χ1v) is 9.70. The molecule has 1 aromatic heterocycles. The van der Waals surface area contributed by atoms with Crippen molar-refractivity contribution in [2.75, 3.05) is 17.2 Å². The van der Waals surface area contributed by atoms with Gasteiger partial charge in [-0.25, -0.2) is 4.98 Å². The largest absolute Gasteiger partial charge is 0.496 e. The summed E-state index contributed by atoms with van der Waals surface area (Å²) in [7, 11) is -0.488. The van der Waals surface area contributed by atoms with Crippen LogP contribution in [0.3, 0.4) is 0 Å². The zero-order valence-corrected chi connectivity index (χ0v) is 16.9. The molecule has 0 spiro atoms. The van der Waals surface area contributed by atoms with E-state index in [1.54, 1.807) is 6.20 Å². The first-order chi connectivity index (χ1) is 13.2. The van der Waals surface area contributed by atoms with Crippen molar-refractivity contribution in [1.29, 1.82) is 0 Å². The van der Waals surface area contributed by atoms with Crippen molar-refractivity contribution >= 4 is 30.0 Å². The van der Waals surface area contributed by atoms with Gasteiger partial charge in [-0.1, -0.05) is 12.1 Å². The Labute approximate surface area is 166 Å². The molecular formula is C21H26BN3O3. The minimum Gasteiger partial charge on any atom is -0.399 e. The third kappa shape index (κ3) is 3.18. The van der Waals surface area contributed by atoms with E-state index >= 15 is 0 Å². The Hall–Kier alpha value is -2.38. The van der Waals surface area contributed by atoms with Crippen LogP contribution in [0, 0.1) is 0 Å².